The maximum Gasteiger partial charge on any atom is 0.347 e. The largest absolute Gasteiger partial charge is 0.477 e. The van der Waals surface area contributed by atoms with E-state index in [4.69, 9.17) is 5.11 Å². The van der Waals surface area contributed by atoms with Crippen molar-refractivity contribution in [3.8, 4) is 0 Å². The molecule has 1 aromatic rings. The van der Waals surface area contributed by atoms with Gasteiger partial charge in [0.2, 0.25) is 0 Å². The fourth-order valence-electron chi connectivity index (χ4n) is 1.56. The van der Waals surface area contributed by atoms with Crippen molar-refractivity contribution >= 4 is 22.4 Å². The molecule has 0 aliphatic carbocycles. The smallest absolute Gasteiger partial charge is 0.347 e. The van der Waals surface area contributed by atoms with E-state index in [9.17, 15) is 4.79 Å². The fraction of sp³-hybridized carbons (Fsp3) is 0.636. The lowest BCUT2D eigenvalue weighted by Crippen LogP contribution is -2.24. The SMILES string of the molecule is CCCN(CCC)c1nc(C)c(C(=O)O)s1. The molecular weight excluding hydrogens is 224 g/mol. The van der Waals surface area contributed by atoms with E-state index in [0.717, 1.165) is 31.1 Å². The van der Waals surface area contributed by atoms with Gasteiger partial charge in [-0.1, -0.05) is 25.2 Å². The molecule has 0 saturated carbocycles. The van der Waals surface area contributed by atoms with Crippen molar-refractivity contribution in [2.24, 2.45) is 0 Å². The van der Waals surface area contributed by atoms with E-state index in [1.54, 1.807) is 6.92 Å². The number of carbonyl (C=O) groups is 1. The van der Waals surface area contributed by atoms with E-state index in [-0.39, 0.29) is 0 Å². The van der Waals surface area contributed by atoms with Crippen LogP contribution < -0.4 is 4.90 Å². The molecule has 0 aromatic carbocycles. The Bertz CT molecular complexity index is 357. The van der Waals surface area contributed by atoms with Crippen molar-refractivity contribution in [2.45, 2.75) is 33.6 Å². The van der Waals surface area contributed by atoms with Gasteiger partial charge in [-0.3, -0.25) is 0 Å². The normalized spacial score (nSPS) is 10.4. The first-order valence-electron chi connectivity index (χ1n) is 5.55. The Morgan fingerprint density at radius 3 is 2.31 bits per heavy atom. The van der Waals surface area contributed by atoms with Crippen LogP contribution in [-0.2, 0) is 0 Å². The van der Waals surface area contributed by atoms with Crippen molar-refractivity contribution in [3.05, 3.63) is 10.6 Å². The zero-order valence-corrected chi connectivity index (χ0v) is 10.8. The minimum Gasteiger partial charge on any atom is -0.477 e. The summed E-state index contributed by atoms with van der Waals surface area (Å²) < 4.78 is 0. The summed E-state index contributed by atoms with van der Waals surface area (Å²) in [5.41, 5.74) is 0.615. The molecule has 16 heavy (non-hydrogen) atoms. The second kappa shape index (κ2) is 5.84. The monoisotopic (exact) mass is 242 g/mol. The number of carboxylic acid groups (broad SMARTS) is 1. The molecule has 4 nitrogen and oxygen atoms in total. The van der Waals surface area contributed by atoms with Gasteiger partial charge >= 0.3 is 5.97 Å². The summed E-state index contributed by atoms with van der Waals surface area (Å²) in [4.78, 5) is 17.8. The molecule has 0 aliphatic rings. The average Bonchev–Trinajstić information content (AvgIpc) is 2.60. The highest BCUT2D eigenvalue weighted by Crippen LogP contribution is 2.26. The van der Waals surface area contributed by atoms with Crippen molar-refractivity contribution in [1.29, 1.82) is 0 Å². The maximum absolute atomic E-state index is 10.9. The Morgan fingerprint density at radius 2 is 1.94 bits per heavy atom. The third-order valence-electron chi connectivity index (χ3n) is 2.24. The number of anilines is 1. The number of aromatic carboxylic acids is 1. The zero-order chi connectivity index (χ0) is 12.1. The molecule has 0 aliphatic heterocycles. The Hall–Kier alpha value is -1.10. The van der Waals surface area contributed by atoms with E-state index < -0.39 is 5.97 Å². The van der Waals surface area contributed by atoms with E-state index in [2.05, 4.69) is 23.7 Å². The van der Waals surface area contributed by atoms with Gasteiger partial charge in [0, 0.05) is 13.1 Å². The van der Waals surface area contributed by atoms with Crippen LogP contribution >= 0.6 is 11.3 Å². The Labute approximate surface area is 99.9 Å². The van der Waals surface area contributed by atoms with Gasteiger partial charge in [-0.05, 0) is 19.8 Å². The van der Waals surface area contributed by atoms with Gasteiger partial charge in [0.05, 0.1) is 5.69 Å². The Morgan fingerprint density at radius 1 is 1.38 bits per heavy atom. The number of hydrogen-bond donors (Lipinski definition) is 1. The summed E-state index contributed by atoms with van der Waals surface area (Å²) in [6.07, 6.45) is 2.09. The molecule has 0 amide bonds. The van der Waals surface area contributed by atoms with E-state index in [1.807, 2.05) is 0 Å². The molecule has 0 fully saturated rings. The lowest BCUT2D eigenvalue weighted by molar-refractivity contribution is 0.0701. The second-order valence-electron chi connectivity index (χ2n) is 3.70. The van der Waals surface area contributed by atoms with Crippen molar-refractivity contribution in [1.82, 2.24) is 4.98 Å². The predicted octanol–water partition coefficient (Wildman–Crippen LogP) is 2.78. The van der Waals surface area contributed by atoms with Crippen LogP contribution in [0.3, 0.4) is 0 Å². The van der Waals surface area contributed by atoms with Gasteiger partial charge in [0.15, 0.2) is 5.13 Å². The van der Waals surface area contributed by atoms with Crippen LogP contribution in [0.25, 0.3) is 0 Å². The quantitative estimate of drug-likeness (QED) is 0.833. The molecule has 90 valence electrons. The third-order valence-corrected chi connectivity index (χ3v) is 3.44. The molecule has 1 aromatic heterocycles. The highest BCUT2D eigenvalue weighted by molar-refractivity contribution is 7.17. The number of hydrogen-bond acceptors (Lipinski definition) is 4. The van der Waals surface area contributed by atoms with Crippen LogP contribution in [0.2, 0.25) is 0 Å². The topological polar surface area (TPSA) is 53.4 Å². The van der Waals surface area contributed by atoms with E-state index in [1.165, 1.54) is 11.3 Å². The van der Waals surface area contributed by atoms with Crippen LogP contribution in [0, 0.1) is 6.92 Å². The number of aromatic nitrogens is 1. The summed E-state index contributed by atoms with van der Waals surface area (Å²) in [7, 11) is 0. The minimum absolute atomic E-state index is 0.354. The summed E-state index contributed by atoms with van der Waals surface area (Å²) in [5.74, 6) is -0.880. The molecule has 1 heterocycles. The molecule has 1 rings (SSSR count). The van der Waals surface area contributed by atoms with Crippen LogP contribution in [0.4, 0.5) is 5.13 Å². The van der Waals surface area contributed by atoms with Crippen molar-refractivity contribution in [2.75, 3.05) is 18.0 Å². The lowest BCUT2D eigenvalue weighted by Gasteiger charge is -2.19. The predicted molar refractivity (Wildman–Crippen MR) is 66.6 cm³/mol. The summed E-state index contributed by atoms with van der Waals surface area (Å²) in [5, 5.41) is 9.80. The highest BCUT2D eigenvalue weighted by atomic mass is 32.1. The van der Waals surface area contributed by atoms with Gasteiger partial charge in [0.25, 0.3) is 0 Å². The Balaban J connectivity index is 2.92. The standard InChI is InChI=1S/C11H18N2O2S/c1-4-6-13(7-5-2)11-12-8(3)9(16-11)10(14)15/h4-7H2,1-3H3,(H,14,15). The number of carboxylic acids is 1. The molecule has 5 heteroatoms. The number of aryl methyl sites for hydroxylation is 1. The van der Waals surface area contributed by atoms with Crippen molar-refractivity contribution < 1.29 is 9.90 Å². The zero-order valence-electron chi connectivity index (χ0n) is 9.99. The van der Waals surface area contributed by atoms with Gasteiger partial charge in [-0.25, -0.2) is 9.78 Å². The fourth-order valence-corrected chi connectivity index (χ4v) is 2.52. The first kappa shape index (κ1) is 13.0. The van der Waals surface area contributed by atoms with Crippen LogP contribution in [0.5, 0.6) is 0 Å². The molecule has 0 radical (unpaired) electrons. The highest BCUT2D eigenvalue weighted by Gasteiger charge is 2.17. The molecule has 0 atom stereocenters. The molecule has 0 saturated heterocycles. The van der Waals surface area contributed by atoms with Gasteiger partial charge < -0.3 is 10.0 Å². The first-order chi connectivity index (χ1) is 7.60. The Kier molecular flexibility index (Phi) is 4.73. The minimum atomic E-state index is -0.880. The average molecular weight is 242 g/mol. The lowest BCUT2D eigenvalue weighted by atomic mass is 10.4. The van der Waals surface area contributed by atoms with Gasteiger partial charge in [-0.15, -0.1) is 0 Å². The molecular formula is C11H18N2O2S. The van der Waals surface area contributed by atoms with E-state index >= 15 is 0 Å². The third kappa shape index (κ3) is 2.95. The second-order valence-corrected chi connectivity index (χ2v) is 4.68. The number of thiazole rings is 1. The van der Waals surface area contributed by atoms with Gasteiger partial charge in [-0.2, -0.15) is 0 Å². The first-order valence-corrected chi connectivity index (χ1v) is 6.37. The maximum atomic E-state index is 10.9. The van der Waals surface area contributed by atoms with Gasteiger partial charge in [0.1, 0.15) is 4.88 Å². The number of rotatable bonds is 6. The molecule has 0 bridgehead atoms. The molecule has 0 unspecified atom stereocenters. The summed E-state index contributed by atoms with van der Waals surface area (Å²) >= 11 is 1.27. The summed E-state index contributed by atoms with van der Waals surface area (Å²) in [6, 6.07) is 0. The molecule has 1 N–H and O–H groups in total. The number of nitrogens with zero attached hydrogens (tertiary/aromatic N) is 2. The van der Waals surface area contributed by atoms with E-state index in [0.29, 0.717) is 10.6 Å². The van der Waals surface area contributed by atoms with Crippen LogP contribution in [0.1, 0.15) is 42.1 Å². The summed E-state index contributed by atoms with van der Waals surface area (Å²) in [6.45, 7) is 7.84. The van der Waals surface area contributed by atoms with Crippen molar-refractivity contribution in [3.63, 3.8) is 0 Å². The van der Waals surface area contributed by atoms with Crippen LogP contribution in [0.15, 0.2) is 0 Å². The van der Waals surface area contributed by atoms with Crippen LogP contribution in [-0.4, -0.2) is 29.1 Å². The molecule has 0 spiro atoms.